The molecule has 3 aromatic rings. The average molecular weight is 409 g/mol. The number of benzene rings is 2. The van der Waals surface area contributed by atoms with E-state index in [-0.39, 0.29) is 29.4 Å². The minimum atomic E-state index is -0.721. The molecule has 0 aliphatic carbocycles. The van der Waals surface area contributed by atoms with E-state index in [0.29, 0.717) is 28.8 Å². The molecule has 1 aromatic heterocycles. The van der Waals surface area contributed by atoms with Crippen LogP contribution in [0.5, 0.6) is 0 Å². The van der Waals surface area contributed by atoms with E-state index in [4.69, 9.17) is 5.73 Å². The molecule has 0 saturated carbocycles. The summed E-state index contributed by atoms with van der Waals surface area (Å²) >= 11 is 0. The molecule has 3 N–H and O–H groups in total. The maximum atomic E-state index is 12.4. The van der Waals surface area contributed by atoms with Gasteiger partial charge in [-0.1, -0.05) is 25.1 Å². The van der Waals surface area contributed by atoms with E-state index >= 15 is 0 Å². The second-order valence-electron chi connectivity index (χ2n) is 7.16. The van der Waals surface area contributed by atoms with Gasteiger partial charge in [-0.05, 0) is 31.5 Å². The predicted molar refractivity (Wildman–Crippen MR) is 113 cm³/mol. The number of carbonyl (C=O) groups is 1. The van der Waals surface area contributed by atoms with Gasteiger partial charge in [0.05, 0.1) is 22.4 Å². The lowest BCUT2D eigenvalue weighted by Gasteiger charge is -2.28. The van der Waals surface area contributed by atoms with Crippen LogP contribution in [0.4, 0.5) is 5.69 Å². The van der Waals surface area contributed by atoms with E-state index in [2.05, 4.69) is 9.97 Å². The number of nitrogens with two attached hydrogens (primary N) is 1. The third-order valence-corrected chi connectivity index (χ3v) is 5.17. The fourth-order valence-electron chi connectivity index (χ4n) is 3.27. The number of carbonyl (C=O) groups excluding carboxylic acids is 1. The van der Waals surface area contributed by atoms with Crippen molar-refractivity contribution in [3.63, 3.8) is 0 Å². The number of fused-ring (bicyclic) bond motifs is 1. The molecular weight excluding hydrogens is 386 g/mol. The Balaban J connectivity index is 1.96. The lowest BCUT2D eigenvalue weighted by Crippen LogP contribution is -2.33. The first kappa shape index (κ1) is 21.1. The third-order valence-electron chi connectivity index (χ3n) is 5.17. The van der Waals surface area contributed by atoms with Gasteiger partial charge in [-0.25, -0.2) is 4.98 Å². The van der Waals surface area contributed by atoms with E-state index in [1.165, 1.54) is 12.1 Å². The predicted octanol–water partition coefficient (Wildman–Crippen LogP) is 2.73. The molecule has 0 saturated heterocycles. The Morgan fingerprint density at radius 1 is 1.27 bits per heavy atom. The van der Waals surface area contributed by atoms with Crippen LogP contribution in [0, 0.1) is 10.1 Å². The van der Waals surface area contributed by atoms with Crippen LogP contribution in [0.15, 0.2) is 47.3 Å². The van der Waals surface area contributed by atoms with Crippen LogP contribution < -0.4 is 11.3 Å². The quantitative estimate of drug-likeness (QED) is 0.434. The maximum absolute atomic E-state index is 12.4. The molecule has 0 bridgehead atoms. The summed E-state index contributed by atoms with van der Waals surface area (Å²) < 4.78 is 0. The Kier molecular flexibility index (Phi) is 6.22. The SMILES string of the molecule is CCC(C)N(Cc1nc2ccccc2c(=O)[nH]1)Cc1ccc(C(N)=O)cc1[N+](=O)[O-]. The van der Waals surface area contributed by atoms with Gasteiger partial charge in [0.15, 0.2) is 0 Å². The molecule has 30 heavy (non-hydrogen) atoms. The van der Waals surface area contributed by atoms with Crippen molar-refractivity contribution in [3.05, 3.63) is 79.9 Å². The van der Waals surface area contributed by atoms with Crippen LogP contribution in [-0.2, 0) is 13.1 Å². The summed E-state index contributed by atoms with van der Waals surface area (Å²) in [4.78, 5) is 44.1. The van der Waals surface area contributed by atoms with Crippen molar-refractivity contribution < 1.29 is 9.72 Å². The number of H-pyrrole nitrogens is 1. The van der Waals surface area contributed by atoms with Gasteiger partial charge in [0, 0.05) is 29.8 Å². The van der Waals surface area contributed by atoms with E-state index in [1.54, 1.807) is 24.3 Å². The number of hydrogen-bond donors (Lipinski definition) is 2. The van der Waals surface area contributed by atoms with Gasteiger partial charge in [-0.3, -0.25) is 24.6 Å². The van der Waals surface area contributed by atoms with E-state index in [9.17, 15) is 19.7 Å². The molecule has 1 heterocycles. The minimum Gasteiger partial charge on any atom is -0.366 e. The van der Waals surface area contributed by atoms with Crippen molar-refractivity contribution >= 4 is 22.5 Å². The van der Waals surface area contributed by atoms with Gasteiger partial charge in [0.1, 0.15) is 5.82 Å². The highest BCUT2D eigenvalue weighted by atomic mass is 16.6. The van der Waals surface area contributed by atoms with E-state index in [1.807, 2.05) is 24.8 Å². The summed E-state index contributed by atoms with van der Waals surface area (Å²) in [6.07, 6.45) is 0.797. The number of aromatic nitrogens is 2. The van der Waals surface area contributed by atoms with Crippen molar-refractivity contribution in [2.24, 2.45) is 5.73 Å². The van der Waals surface area contributed by atoms with Gasteiger partial charge < -0.3 is 10.7 Å². The Morgan fingerprint density at radius 2 is 2.00 bits per heavy atom. The standard InChI is InChI=1S/C21H23N5O4/c1-3-13(2)25(11-15-9-8-14(20(22)27)10-18(15)26(29)30)12-19-23-17-7-5-4-6-16(17)21(28)24-19/h4-10,13H,3,11-12H2,1-2H3,(H2,22,27)(H,23,24,28). The largest absolute Gasteiger partial charge is 0.366 e. The zero-order chi connectivity index (χ0) is 21.8. The van der Waals surface area contributed by atoms with Gasteiger partial charge in [0.2, 0.25) is 5.91 Å². The van der Waals surface area contributed by atoms with E-state index in [0.717, 1.165) is 6.42 Å². The highest BCUT2D eigenvalue weighted by Crippen LogP contribution is 2.24. The van der Waals surface area contributed by atoms with Crippen molar-refractivity contribution in [1.29, 1.82) is 0 Å². The molecular formula is C21H23N5O4. The number of nitro benzene ring substituents is 1. The molecule has 1 amide bonds. The summed E-state index contributed by atoms with van der Waals surface area (Å²) in [7, 11) is 0. The molecule has 0 radical (unpaired) electrons. The Bertz CT molecular complexity index is 1160. The Morgan fingerprint density at radius 3 is 2.67 bits per heavy atom. The lowest BCUT2D eigenvalue weighted by atomic mass is 10.1. The number of amides is 1. The van der Waals surface area contributed by atoms with Crippen LogP contribution in [0.3, 0.4) is 0 Å². The van der Waals surface area contributed by atoms with Gasteiger partial charge in [-0.15, -0.1) is 0 Å². The first-order valence-electron chi connectivity index (χ1n) is 9.59. The highest BCUT2D eigenvalue weighted by Gasteiger charge is 2.22. The number of nitrogens with zero attached hydrogens (tertiary/aromatic N) is 3. The summed E-state index contributed by atoms with van der Waals surface area (Å²) in [6.45, 7) is 4.58. The average Bonchev–Trinajstić information content (AvgIpc) is 2.72. The first-order valence-corrected chi connectivity index (χ1v) is 9.59. The summed E-state index contributed by atoms with van der Waals surface area (Å²) in [5.74, 6) is -0.239. The number of primary amides is 1. The summed E-state index contributed by atoms with van der Waals surface area (Å²) in [5, 5.41) is 12.1. The lowest BCUT2D eigenvalue weighted by molar-refractivity contribution is -0.385. The molecule has 0 spiro atoms. The molecule has 0 aliphatic rings. The molecule has 0 aliphatic heterocycles. The smallest absolute Gasteiger partial charge is 0.274 e. The fraction of sp³-hybridized carbons (Fsp3) is 0.286. The van der Waals surface area contributed by atoms with Crippen molar-refractivity contribution in [2.45, 2.75) is 39.4 Å². The fourth-order valence-corrected chi connectivity index (χ4v) is 3.27. The van der Waals surface area contributed by atoms with Crippen molar-refractivity contribution in [1.82, 2.24) is 14.9 Å². The molecule has 0 fully saturated rings. The second kappa shape index (κ2) is 8.83. The third kappa shape index (κ3) is 4.52. The molecule has 1 unspecified atom stereocenters. The summed E-state index contributed by atoms with van der Waals surface area (Å²) in [5.41, 5.74) is 5.99. The maximum Gasteiger partial charge on any atom is 0.274 e. The number of aromatic amines is 1. The normalized spacial score (nSPS) is 12.2. The zero-order valence-electron chi connectivity index (χ0n) is 16.8. The van der Waals surface area contributed by atoms with Gasteiger partial charge >= 0.3 is 0 Å². The molecule has 9 nitrogen and oxygen atoms in total. The van der Waals surface area contributed by atoms with E-state index < -0.39 is 10.8 Å². The molecule has 3 rings (SSSR count). The zero-order valence-corrected chi connectivity index (χ0v) is 16.8. The monoisotopic (exact) mass is 409 g/mol. The number of rotatable bonds is 8. The van der Waals surface area contributed by atoms with Crippen LogP contribution in [0.2, 0.25) is 0 Å². The number of nitro groups is 1. The number of para-hydroxylation sites is 1. The van der Waals surface area contributed by atoms with Crippen LogP contribution >= 0.6 is 0 Å². The molecule has 9 heteroatoms. The number of nitrogens with one attached hydrogen (secondary N) is 1. The minimum absolute atomic E-state index is 0.0668. The Hall–Kier alpha value is -3.59. The number of hydrogen-bond acceptors (Lipinski definition) is 6. The second-order valence-corrected chi connectivity index (χ2v) is 7.16. The van der Waals surface area contributed by atoms with Crippen molar-refractivity contribution in [2.75, 3.05) is 0 Å². The van der Waals surface area contributed by atoms with Crippen LogP contribution in [0.1, 0.15) is 42.0 Å². The highest BCUT2D eigenvalue weighted by molar-refractivity contribution is 5.93. The molecule has 1 atom stereocenters. The van der Waals surface area contributed by atoms with Crippen LogP contribution in [-0.4, -0.2) is 31.7 Å². The molecule has 2 aromatic carbocycles. The summed E-state index contributed by atoms with van der Waals surface area (Å²) in [6, 6.07) is 11.4. The van der Waals surface area contributed by atoms with Gasteiger partial charge in [-0.2, -0.15) is 0 Å². The topological polar surface area (TPSA) is 135 Å². The van der Waals surface area contributed by atoms with Gasteiger partial charge in [0.25, 0.3) is 11.2 Å². The first-order chi connectivity index (χ1) is 14.3. The Labute approximate surface area is 172 Å². The van der Waals surface area contributed by atoms with Crippen LogP contribution in [0.25, 0.3) is 10.9 Å². The van der Waals surface area contributed by atoms with Crippen molar-refractivity contribution in [3.8, 4) is 0 Å². The molecule has 156 valence electrons.